The summed E-state index contributed by atoms with van der Waals surface area (Å²) in [5.41, 5.74) is 0. The van der Waals surface area contributed by atoms with Gasteiger partial charge in [-0.15, -0.1) is 0 Å². The van der Waals surface area contributed by atoms with Crippen LogP contribution >= 0.6 is 0 Å². The van der Waals surface area contributed by atoms with E-state index in [0.29, 0.717) is 0 Å². The molecular formula is C11H22N2O2. The van der Waals surface area contributed by atoms with E-state index >= 15 is 0 Å². The van der Waals surface area contributed by atoms with Gasteiger partial charge in [-0.3, -0.25) is 4.90 Å². The standard InChI is InChI=1S/C11H22N2O2/c1-14-11(15-2)8-13(9-11)7-10-3-5-12-6-4-10/h10,12H,3-9H2,1-2H3. The number of hydrogen-bond donors (Lipinski definition) is 1. The molecule has 0 aromatic carbocycles. The fraction of sp³-hybridized carbons (Fsp3) is 1.00. The third kappa shape index (κ3) is 2.50. The average Bonchev–Trinajstić information content (AvgIpc) is 2.24. The van der Waals surface area contributed by atoms with Gasteiger partial charge in [0.05, 0.1) is 13.1 Å². The molecule has 0 bridgehead atoms. The Kier molecular flexibility index (Phi) is 3.61. The van der Waals surface area contributed by atoms with Crippen LogP contribution in [0, 0.1) is 5.92 Å². The maximum absolute atomic E-state index is 5.37. The molecule has 0 amide bonds. The van der Waals surface area contributed by atoms with Crippen LogP contribution in [0.4, 0.5) is 0 Å². The molecule has 4 heteroatoms. The molecule has 0 spiro atoms. The predicted molar refractivity (Wildman–Crippen MR) is 58.8 cm³/mol. The second kappa shape index (κ2) is 4.78. The summed E-state index contributed by atoms with van der Waals surface area (Å²) in [6, 6.07) is 0. The van der Waals surface area contributed by atoms with Gasteiger partial charge < -0.3 is 14.8 Å². The fourth-order valence-electron chi connectivity index (χ4n) is 2.54. The smallest absolute Gasteiger partial charge is 0.193 e. The highest BCUT2D eigenvalue weighted by Crippen LogP contribution is 2.27. The highest BCUT2D eigenvalue weighted by Gasteiger charge is 2.44. The van der Waals surface area contributed by atoms with Gasteiger partial charge in [-0.2, -0.15) is 0 Å². The van der Waals surface area contributed by atoms with Crippen molar-refractivity contribution >= 4 is 0 Å². The first-order valence-electron chi connectivity index (χ1n) is 5.81. The van der Waals surface area contributed by atoms with Crippen molar-refractivity contribution in [3.8, 4) is 0 Å². The molecule has 4 nitrogen and oxygen atoms in total. The number of rotatable bonds is 4. The number of ether oxygens (including phenoxy) is 2. The number of nitrogens with one attached hydrogen (secondary N) is 1. The van der Waals surface area contributed by atoms with E-state index in [4.69, 9.17) is 9.47 Å². The monoisotopic (exact) mass is 214 g/mol. The van der Waals surface area contributed by atoms with Crippen molar-refractivity contribution in [2.24, 2.45) is 5.92 Å². The molecular weight excluding hydrogens is 192 g/mol. The van der Waals surface area contributed by atoms with Gasteiger partial charge in [-0.25, -0.2) is 0 Å². The van der Waals surface area contributed by atoms with Crippen LogP contribution in [-0.2, 0) is 9.47 Å². The average molecular weight is 214 g/mol. The Morgan fingerprint density at radius 2 is 1.80 bits per heavy atom. The van der Waals surface area contributed by atoms with Gasteiger partial charge in [0.2, 0.25) is 0 Å². The summed E-state index contributed by atoms with van der Waals surface area (Å²) in [7, 11) is 3.46. The van der Waals surface area contributed by atoms with E-state index < -0.39 is 0 Å². The van der Waals surface area contributed by atoms with Crippen molar-refractivity contribution in [2.45, 2.75) is 18.6 Å². The lowest BCUT2D eigenvalue weighted by Gasteiger charge is -2.48. The summed E-state index contributed by atoms with van der Waals surface area (Å²) in [5, 5.41) is 3.39. The zero-order valence-electron chi connectivity index (χ0n) is 9.79. The minimum absolute atomic E-state index is 0.313. The Morgan fingerprint density at radius 3 is 2.33 bits per heavy atom. The lowest BCUT2D eigenvalue weighted by atomic mass is 9.95. The highest BCUT2D eigenvalue weighted by atomic mass is 16.7. The number of piperidine rings is 1. The van der Waals surface area contributed by atoms with Gasteiger partial charge >= 0.3 is 0 Å². The van der Waals surface area contributed by atoms with Crippen LogP contribution in [0.1, 0.15) is 12.8 Å². The van der Waals surface area contributed by atoms with Crippen LogP contribution in [0.3, 0.4) is 0 Å². The number of methoxy groups -OCH3 is 2. The van der Waals surface area contributed by atoms with E-state index in [1.807, 2.05) is 0 Å². The van der Waals surface area contributed by atoms with Crippen molar-refractivity contribution in [1.29, 1.82) is 0 Å². The largest absolute Gasteiger partial charge is 0.351 e. The summed E-state index contributed by atoms with van der Waals surface area (Å²) in [4.78, 5) is 2.43. The Bertz CT molecular complexity index is 193. The maximum Gasteiger partial charge on any atom is 0.193 e. The molecule has 0 saturated carbocycles. The van der Waals surface area contributed by atoms with Gasteiger partial charge in [0.1, 0.15) is 0 Å². The molecule has 2 aliphatic rings. The van der Waals surface area contributed by atoms with Crippen LogP contribution < -0.4 is 5.32 Å². The lowest BCUT2D eigenvalue weighted by molar-refractivity contribution is -0.276. The van der Waals surface area contributed by atoms with Gasteiger partial charge in [-0.05, 0) is 31.8 Å². The zero-order valence-corrected chi connectivity index (χ0v) is 9.79. The first-order valence-corrected chi connectivity index (χ1v) is 5.81. The molecule has 15 heavy (non-hydrogen) atoms. The third-order valence-electron chi connectivity index (χ3n) is 3.65. The number of hydrogen-bond acceptors (Lipinski definition) is 4. The molecule has 2 heterocycles. The summed E-state index contributed by atoms with van der Waals surface area (Å²) in [6.45, 7) is 5.40. The first-order chi connectivity index (χ1) is 7.28. The van der Waals surface area contributed by atoms with E-state index in [0.717, 1.165) is 19.0 Å². The number of likely N-dealkylation sites (tertiary alicyclic amines) is 1. The normalized spacial score (nSPS) is 27.6. The van der Waals surface area contributed by atoms with Crippen LogP contribution in [-0.4, -0.2) is 57.6 Å². The van der Waals surface area contributed by atoms with Gasteiger partial charge in [0.25, 0.3) is 0 Å². The Labute approximate surface area is 91.9 Å². The molecule has 2 aliphatic heterocycles. The van der Waals surface area contributed by atoms with Crippen molar-refractivity contribution in [3.05, 3.63) is 0 Å². The zero-order chi connectivity index (χ0) is 10.7. The topological polar surface area (TPSA) is 33.7 Å². The molecule has 0 radical (unpaired) electrons. The van der Waals surface area contributed by atoms with Crippen LogP contribution in [0.2, 0.25) is 0 Å². The van der Waals surface area contributed by atoms with Crippen molar-refractivity contribution in [2.75, 3.05) is 46.9 Å². The van der Waals surface area contributed by atoms with Crippen LogP contribution in [0.25, 0.3) is 0 Å². The lowest BCUT2D eigenvalue weighted by Crippen LogP contribution is -2.64. The number of nitrogens with zero attached hydrogens (tertiary/aromatic N) is 1. The second-order valence-electron chi connectivity index (χ2n) is 4.68. The first kappa shape index (κ1) is 11.3. The van der Waals surface area contributed by atoms with Gasteiger partial charge in [0.15, 0.2) is 5.79 Å². The minimum atomic E-state index is -0.313. The molecule has 0 unspecified atom stereocenters. The molecule has 0 aliphatic carbocycles. The van der Waals surface area contributed by atoms with Crippen molar-refractivity contribution in [3.63, 3.8) is 0 Å². The van der Waals surface area contributed by atoms with Crippen molar-refractivity contribution in [1.82, 2.24) is 10.2 Å². The summed E-state index contributed by atoms with van der Waals surface area (Å²) in [5.74, 6) is 0.547. The molecule has 0 aromatic heterocycles. The summed E-state index contributed by atoms with van der Waals surface area (Å²) >= 11 is 0. The van der Waals surface area contributed by atoms with E-state index in [-0.39, 0.29) is 5.79 Å². The van der Waals surface area contributed by atoms with Gasteiger partial charge in [0, 0.05) is 20.8 Å². The van der Waals surface area contributed by atoms with Crippen LogP contribution in [0.15, 0.2) is 0 Å². The van der Waals surface area contributed by atoms with E-state index in [2.05, 4.69) is 10.2 Å². The fourth-order valence-corrected chi connectivity index (χ4v) is 2.54. The molecule has 2 fully saturated rings. The van der Waals surface area contributed by atoms with Crippen LogP contribution in [0.5, 0.6) is 0 Å². The van der Waals surface area contributed by atoms with E-state index in [1.54, 1.807) is 14.2 Å². The van der Waals surface area contributed by atoms with Crippen molar-refractivity contribution < 1.29 is 9.47 Å². The molecule has 0 atom stereocenters. The van der Waals surface area contributed by atoms with Gasteiger partial charge in [-0.1, -0.05) is 0 Å². The molecule has 2 saturated heterocycles. The van der Waals surface area contributed by atoms with E-state index in [1.165, 1.54) is 32.5 Å². The molecule has 2 rings (SSSR count). The summed E-state index contributed by atoms with van der Waals surface area (Å²) < 4.78 is 10.7. The molecule has 88 valence electrons. The molecule has 0 aromatic rings. The quantitative estimate of drug-likeness (QED) is 0.682. The summed E-state index contributed by atoms with van der Waals surface area (Å²) in [6.07, 6.45) is 2.62. The third-order valence-corrected chi connectivity index (χ3v) is 3.65. The van der Waals surface area contributed by atoms with E-state index in [9.17, 15) is 0 Å². The molecule has 1 N–H and O–H groups in total. The predicted octanol–water partition coefficient (Wildman–Crippen LogP) is 0.291. The minimum Gasteiger partial charge on any atom is -0.351 e. The highest BCUT2D eigenvalue weighted by molar-refractivity contribution is 4.90. The SMILES string of the molecule is COC1(OC)CN(CC2CCNCC2)C1. The maximum atomic E-state index is 5.37. The Balaban J connectivity index is 1.70. The Hall–Kier alpha value is -0.160. The Morgan fingerprint density at radius 1 is 1.20 bits per heavy atom. The second-order valence-corrected chi connectivity index (χ2v) is 4.68.